The molecule has 0 saturated heterocycles. The average molecular weight is 241 g/mol. The maximum atomic E-state index is 11.9. The zero-order valence-electron chi connectivity index (χ0n) is 9.61. The molecule has 0 aliphatic rings. The van der Waals surface area contributed by atoms with Gasteiger partial charge in [0.1, 0.15) is 6.54 Å². The summed E-state index contributed by atoms with van der Waals surface area (Å²) in [5, 5.41) is 8.68. The van der Waals surface area contributed by atoms with Crippen molar-refractivity contribution in [3.8, 4) is 0 Å². The van der Waals surface area contributed by atoms with E-state index in [-0.39, 0.29) is 12.5 Å². The van der Waals surface area contributed by atoms with Crippen LogP contribution in [-0.4, -0.2) is 35.0 Å². The van der Waals surface area contributed by atoms with Crippen LogP contribution >= 0.6 is 11.3 Å². The van der Waals surface area contributed by atoms with Gasteiger partial charge in [0.25, 0.3) is 5.91 Å². The number of carbonyl (C=O) groups excluding carboxylic acids is 1. The Morgan fingerprint density at radius 2 is 2.06 bits per heavy atom. The summed E-state index contributed by atoms with van der Waals surface area (Å²) in [6.07, 6.45) is 0. The van der Waals surface area contributed by atoms with Gasteiger partial charge in [-0.3, -0.25) is 9.59 Å². The van der Waals surface area contributed by atoms with Crippen molar-refractivity contribution in [2.75, 3.05) is 13.1 Å². The third-order valence-electron chi connectivity index (χ3n) is 2.37. The minimum Gasteiger partial charge on any atom is -0.480 e. The van der Waals surface area contributed by atoms with E-state index in [0.29, 0.717) is 11.4 Å². The lowest BCUT2D eigenvalue weighted by Gasteiger charge is -2.17. The molecule has 88 valence electrons. The maximum absolute atomic E-state index is 11.9. The first-order valence-electron chi connectivity index (χ1n) is 5.03. The van der Waals surface area contributed by atoms with E-state index in [1.54, 1.807) is 6.92 Å². The second kappa shape index (κ2) is 5.12. The molecule has 0 bridgehead atoms. The molecule has 16 heavy (non-hydrogen) atoms. The van der Waals surface area contributed by atoms with E-state index < -0.39 is 5.97 Å². The Morgan fingerprint density at radius 1 is 1.44 bits per heavy atom. The van der Waals surface area contributed by atoms with Crippen LogP contribution in [0.2, 0.25) is 0 Å². The Hall–Kier alpha value is -1.36. The number of hydrogen-bond acceptors (Lipinski definition) is 3. The highest BCUT2D eigenvalue weighted by molar-refractivity contribution is 7.14. The topological polar surface area (TPSA) is 57.6 Å². The number of nitrogens with zero attached hydrogens (tertiary/aromatic N) is 1. The third kappa shape index (κ3) is 2.82. The molecule has 1 N–H and O–H groups in total. The molecule has 0 aliphatic carbocycles. The minimum atomic E-state index is -0.986. The van der Waals surface area contributed by atoms with E-state index >= 15 is 0 Å². The molecule has 1 heterocycles. The van der Waals surface area contributed by atoms with Gasteiger partial charge in [0.15, 0.2) is 0 Å². The van der Waals surface area contributed by atoms with Crippen LogP contribution in [0, 0.1) is 13.8 Å². The Bertz CT molecular complexity index is 392. The number of hydrogen-bond donors (Lipinski definition) is 1. The van der Waals surface area contributed by atoms with Gasteiger partial charge in [-0.15, -0.1) is 11.3 Å². The molecule has 0 saturated carbocycles. The molecule has 0 aliphatic heterocycles. The fourth-order valence-electron chi connectivity index (χ4n) is 1.32. The van der Waals surface area contributed by atoms with E-state index in [9.17, 15) is 9.59 Å². The highest BCUT2D eigenvalue weighted by Crippen LogP contribution is 2.21. The SMILES string of the molecule is CCN(CC(=O)O)C(=O)c1cc(C)c(C)s1. The maximum Gasteiger partial charge on any atom is 0.323 e. The first-order valence-corrected chi connectivity index (χ1v) is 5.85. The Morgan fingerprint density at radius 3 is 2.44 bits per heavy atom. The summed E-state index contributed by atoms with van der Waals surface area (Å²) >= 11 is 1.41. The fraction of sp³-hybridized carbons (Fsp3) is 0.455. The van der Waals surface area contributed by atoms with Crippen LogP contribution in [0.5, 0.6) is 0 Å². The summed E-state index contributed by atoms with van der Waals surface area (Å²) in [6.45, 7) is 5.82. The van der Waals surface area contributed by atoms with Crippen LogP contribution in [0.25, 0.3) is 0 Å². The Kier molecular flexibility index (Phi) is 4.06. The monoisotopic (exact) mass is 241 g/mol. The number of likely N-dealkylation sites (N-methyl/N-ethyl adjacent to an activating group) is 1. The number of amides is 1. The molecule has 4 nitrogen and oxygen atoms in total. The quantitative estimate of drug-likeness (QED) is 0.876. The molecule has 0 radical (unpaired) electrons. The predicted octanol–water partition coefficient (Wildman–Crippen LogP) is 1.91. The summed E-state index contributed by atoms with van der Waals surface area (Å²) < 4.78 is 0. The minimum absolute atomic E-state index is 0.203. The molecular weight excluding hydrogens is 226 g/mol. The van der Waals surface area contributed by atoms with Crippen molar-refractivity contribution in [2.24, 2.45) is 0 Å². The second-order valence-corrected chi connectivity index (χ2v) is 4.82. The average Bonchev–Trinajstić information content (AvgIpc) is 2.54. The summed E-state index contributed by atoms with van der Waals surface area (Å²) in [5.74, 6) is -1.19. The molecule has 1 aromatic rings. The molecule has 0 spiro atoms. The summed E-state index contributed by atoms with van der Waals surface area (Å²) in [4.78, 5) is 25.6. The van der Waals surface area contributed by atoms with E-state index in [2.05, 4.69) is 0 Å². The number of aryl methyl sites for hydroxylation is 2. The van der Waals surface area contributed by atoms with E-state index in [1.807, 2.05) is 19.9 Å². The molecular formula is C11H15NO3S. The number of carboxylic acids is 1. The van der Waals surface area contributed by atoms with Gasteiger partial charge in [-0.2, -0.15) is 0 Å². The number of thiophene rings is 1. The molecule has 5 heteroatoms. The third-order valence-corrected chi connectivity index (χ3v) is 3.51. The Balaban J connectivity index is 2.86. The normalized spacial score (nSPS) is 10.2. The van der Waals surface area contributed by atoms with Crippen molar-refractivity contribution < 1.29 is 14.7 Å². The van der Waals surface area contributed by atoms with Gasteiger partial charge >= 0.3 is 5.97 Å². The van der Waals surface area contributed by atoms with E-state index in [4.69, 9.17) is 5.11 Å². The van der Waals surface area contributed by atoms with E-state index in [0.717, 1.165) is 10.4 Å². The molecule has 1 rings (SSSR count). The van der Waals surface area contributed by atoms with Gasteiger partial charge in [-0.25, -0.2) is 0 Å². The van der Waals surface area contributed by atoms with Gasteiger partial charge in [0.2, 0.25) is 0 Å². The zero-order chi connectivity index (χ0) is 12.3. The summed E-state index contributed by atoms with van der Waals surface area (Å²) in [5.41, 5.74) is 1.07. The lowest BCUT2D eigenvalue weighted by atomic mass is 10.2. The molecule has 1 amide bonds. The first-order chi connectivity index (χ1) is 7.45. The molecule has 0 unspecified atom stereocenters. The van der Waals surface area contributed by atoms with Crippen LogP contribution in [0.4, 0.5) is 0 Å². The molecule has 0 fully saturated rings. The van der Waals surface area contributed by atoms with Crippen molar-refractivity contribution in [3.63, 3.8) is 0 Å². The highest BCUT2D eigenvalue weighted by atomic mass is 32.1. The summed E-state index contributed by atoms with van der Waals surface area (Å²) in [7, 11) is 0. The predicted molar refractivity (Wildman–Crippen MR) is 63.0 cm³/mol. The second-order valence-electron chi connectivity index (χ2n) is 3.56. The van der Waals surface area contributed by atoms with Crippen LogP contribution in [-0.2, 0) is 4.79 Å². The first kappa shape index (κ1) is 12.7. The van der Waals surface area contributed by atoms with Crippen molar-refractivity contribution >= 4 is 23.2 Å². The number of rotatable bonds is 4. The van der Waals surface area contributed by atoms with Crippen LogP contribution < -0.4 is 0 Å². The summed E-state index contributed by atoms with van der Waals surface area (Å²) in [6, 6.07) is 1.81. The van der Waals surface area contributed by atoms with Crippen LogP contribution in [0.3, 0.4) is 0 Å². The fourth-order valence-corrected chi connectivity index (χ4v) is 2.33. The zero-order valence-corrected chi connectivity index (χ0v) is 10.4. The van der Waals surface area contributed by atoms with Crippen molar-refractivity contribution in [2.45, 2.75) is 20.8 Å². The van der Waals surface area contributed by atoms with Gasteiger partial charge in [0, 0.05) is 11.4 Å². The van der Waals surface area contributed by atoms with Crippen molar-refractivity contribution in [1.29, 1.82) is 0 Å². The number of carbonyl (C=O) groups is 2. The standard InChI is InChI=1S/C11H15NO3S/c1-4-12(6-10(13)14)11(15)9-5-7(2)8(3)16-9/h5H,4,6H2,1-3H3,(H,13,14). The largest absolute Gasteiger partial charge is 0.480 e. The van der Waals surface area contributed by atoms with Gasteiger partial charge in [-0.05, 0) is 32.4 Å². The highest BCUT2D eigenvalue weighted by Gasteiger charge is 2.18. The van der Waals surface area contributed by atoms with E-state index in [1.165, 1.54) is 16.2 Å². The molecule has 0 atom stereocenters. The molecule has 1 aromatic heterocycles. The van der Waals surface area contributed by atoms with Crippen molar-refractivity contribution in [1.82, 2.24) is 4.90 Å². The van der Waals surface area contributed by atoms with Gasteiger partial charge < -0.3 is 10.0 Å². The van der Waals surface area contributed by atoms with Crippen LogP contribution in [0.1, 0.15) is 27.0 Å². The smallest absolute Gasteiger partial charge is 0.323 e. The van der Waals surface area contributed by atoms with Gasteiger partial charge in [0.05, 0.1) is 4.88 Å². The van der Waals surface area contributed by atoms with Crippen LogP contribution in [0.15, 0.2) is 6.07 Å². The lowest BCUT2D eigenvalue weighted by molar-refractivity contribution is -0.137. The van der Waals surface area contributed by atoms with Crippen molar-refractivity contribution in [3.05, 3.63) is 21.4 Å². The van der Waals surface area contributed by atoms with Gasteiger partial charge in [-0.1, -0.05) is 0 Å². The Labute approximate surface area is 98.5 Å². The number of aliphatic carboxylic acids is 1. The lowest BCUT2D eigenvalue weighted by Crippen LogP contribution is -2.34. The number of carboxylic acid groups (broad SMARTS) is 1. The molecule has 0 aromatic carbocycles.